The highest BCUT2D eigenvalue weighted by atomic mass is 19.4. The second-order valence-corrected chi connectivity index (χ2v) is 5.62. The van der Waals surface area contributed by atoms with Crippen molar-refractivity contribution in [2.45, 2.75) is 6.18 Å². The lowest BCUT2D eigenvalue weighted by Crippen LogP contribution is -2.34. The van der Waals surface area contributed by atoms with Crippen molar-refractivity contribution in [1.29, 1.82) is 0 Å². The van der Waals surface area contributed by atoms with Crippen LogP contribution in [-0.2, 0) is 6.18 Å². The lowest BCUT2D eigenvalue weighted by molar-refractivity contribution is -0.383. The molecule has 0 aromatic heterocycles. The third kappa shape index (κ3) is 5.19. The molecule has 28 heavy (non-hydrogen) atoms. The summed E-state index contributed by atoms with van der Waals surface area (Å²) in [7, 11) is 0. The van der Waals surface area contributed by atoms with E-state index in [1.54, 1.807) is 0 Å². The maximum Gasteiger partial charge on any atom is 0.416 e. The quantitative estimate of drug-likeness (QED) is 0.299. The topological polar surface area (TPSA) is 127 Å². The zero-order valence-corrected chi connectivity index (χ0v) is 14.2. The molecule has 0 heterocycles. The van der Waals surface area contributed by atoms with Gasteiger partial charge in [0.1, 0.15) is 5.69 Å². The average molecular weight is 396 g/mol. The molecule has 0 fully saturated rings. The molecule has 0 unspecified atom stereocenters. The number of benzene rings is 2. The molecule has 0 atom stereocenters. The Bertz CT molecular complexity index is 898. The molecule has 2 rings (SSSR count). The van der Waals surface area contributed by atoms with Crippen molar-refractivity contribution in [1.82, 2.24) is 10.6 Å². The first-order valence-electron chi connectivity index (χ1n) is 7.87. The zero-order chi connectivity index (χ0) is 20.9. The Balaban J connectivity index is 1.85. The minimum atomic E-state index is -4.49. The molecule has 0 saturated heterocycles. The number of anilines is 1. The van der Waals surface area contributed by atoms with Gasteiger partial charge in [0, 0.05) is 30.3 Å². The van der Waals surface area contributed by atoms with Crippen molar-refractivity contribution in [2.24, 2.45) is 0 Å². The number of nitro benzene ring substituents is 1. The van der Waals surface area contributed by atoms with E-state index in [-0.39, 0.29) is 29.9 Å². The third-order valence-electron chi connectivity index (χ3n) is 3.66. The first-order valence-corrected chi connectivity index (χ1v) is 7.87. The second kappa shape index (κ2) is 8.37. The highest BCUT2D eigenvalue weighted by molar-refractivity contribution is 5.96. The number of nitrogens with one attached hydrogen (secondary N) is 2. The lowest BCUT2D eigenvalue weighted by Gasteiger charge is -2.09. The minimum absolute atomic E-state index is 0.00264. The van der Waals surface area contributed by atoms with Gasteiger partial charge in [-0.3, -0.25) is 19.7 Å². The van der Waals surface area contributed by atoms with E-state index < -0.39 is 34.2 Å². The maximum atomic E-state index is 12.5. The van der Waals surface area contributed by atoms with Crippen LogP contribution in [0.2, 0.25) is 0 Å². The number of rotatable bonds is 6. The predicted molar refractivity (Wildman–Crippen MR) is 93.6 cm³/mol. The number of nitro groups is 1. The van der Waals surface area contributed by atoms with Crippen molar-refractivity contribution < 1.29 is 27.7 Å². The van der Waals surface area contributed by atoms with Crippen molar-refractivity contribution in [3.63, 3.8) is 0 Å². The number of hydrogen-bond donors (Lipinski definition) is 3. The summed E-state index contributed by atoms with van der Waals surface area (Å²) in [6.07, 6.45) is -4.49. The number of halogens is 3. The third-order valence-corrected chi connectivity index (χ3v) is 3.66. The van der Waals surface area contributed by atoms with Gasteiger partial charge in [-0.15, -0.1) is 0 Å². The van der Waals surface area contributed by atoms with Crippen LogP contribution in [0.4, 0.5) is 24.5 Å². The molecule has 0 bridgehead atoms. The average Bonchev–Trinajstić information content (AvgIpc) is 2.64. The molecule has 8 nitrogen and oxygen atoms in total. The van der Waals surface area contributed by atoms with Crippen LogP contribution < -0.4 is 16.4 Å². The van der Waals surface area contributed by atoms with Crippen LogP contribution >= 0.6 is 0 Å². The first-order chi connectivity index (χ1) is 13.1. The Kier molecular flexibility index (Phi) is 6.18. The fourth-order valence-corrected chi connectivity index (χ4v) is 2.21. The minimum Gasteiger partial charge on any atom is -0.393 e. The Labute approximate surface area is 156 Å². The Morgan fingerprint density at radius 2 is 1.46 bits per heavy atom. The number of nitrogens with zero attached hydrogens (tertiary/aromatic N) is 1. The van der Waals surface area contributed by atoms with Gasteiger partial charge in [0.2, 0.25) is 0 Å². The smallest absolute Gasteiger partial charge is 0.393 e. The van der Waals surface area contributed by atoms with E-state index in [4.69, 9.17) is 5.73 Å². The summed E-state index contributed by atoms with van der Waals surface area (Å²) in [6.45, 7) is 0.00600. The molecule has 2 amide bonds. The lowest BCUT2D eigenvalue weighted by atomic mass is 10.1. The van der Waals surface area contributed by atoms with Gasteiger partial charge >= 0.3 is 6.18 Å². The van der Waals surface area contributed by atoms with Gasteiger partial charge in [-0.05, 0) is 36.4 Å². The molecular formula is C17H15F3N4O4. The number of hydrogen-bond acceptors (Lipinski definition) is 5. The number of nitrogens with two attached hydrogens (primary N) is 1. The predicted octanol–water partition coefficient (Wildman–Crippen LogP) is 2.36. The van der Waals surface area contributed by atoms with E-state index in [2.05, 4.69) is 10.6 Å². The summed E-state index contributed by atoms with van der Waals surface area (Å²) in [6, 6.07) is 7.27. The molecule has 0 saturated carbocycles. The van der Waals surface area contributed by atoms with Crippen LogP contribution in [0, 0.1) is 10.1 Å². The van der Waals surface area contributed by atoms with Crippen LogP contribution in [0.25, 0.3) is 0 Å². The standard InChI is InChI=1S/C17H15F3N4O4/c18-17(19,20)12-4-1-10(2-5-12)15(25)22-7-8-23-16(26)11-3-6-13(21)14(9-11)24(27)28/h1-6,9H,7-8,21H2,(H,22,25)(H,23,26). The van der Waals surface area contributed by atoms with E-state index in [1.807, 2.05) is 0 Å². The SMILES string of the molecule is Nc1ccc(C(=O)NCCNC(=O)c2ccc(C(F)(F)F)cc2)cc1[N+](=O)[O-]. The summed E-state index contributed by atoms with van der Waals surface area (Å²) >= 11 is 0. The Morgan fingerprint density at radius 1 is 0.964 bits per heavy atom. The van der Waals surface area contributed by atoms with Crippen molar-refractivity contribution in [3.05, 3.63) is 69.3 Å². The van der Waals surface area contributed by atoms with E-state index in [1.165, 1.54) is 12.1 Å². The van der Waals surface area contributed by atoms with Crippen LogP contribution in [0.15, 0.2) is 42.5 Å². The fourth-order valence-electron chi connectivity index (χ4n) is 2.21. The summed E-state index contributed by atoms with van der Waals surface area (Å²) in [5.41, 5.74) is 4.16. The highest BCUT2D eigenvalue weighted by Gasteiger charge is 2.30. The van der Waals surface area contributed by atoms with Crippen LogP contribution in [0.3, 0.4) is 0 Å². The van der Waals surface area contributed by atoms with E-state index in [0.29, 0.717) is 0 Å². The molecule has 0 radical (unpaired) electrons. The molecule has 4 N–H and O–H groups in total. The largest absolute Gasteiger partial charge is 0.416 e. The molecule has 0 spiro atoms. The van der Waals surface area contributed by atoms with E-state index in [9.17, 15) is 32.9 Å². The highest BCUT2D eigenvalue weighted by Crippen LogP contribution is 2.29. The van der Waals surface area contributed by atoms with Gasteiger partial charge in [0.05, 0.1) is 10.5 Å². The summed E-state index contributed by atoms with van der Waals surface area (Å²) in [4.78, 5) is 34.0. The summed E-state index contributed by atoms with van der Waals surface area (Å²) < 4.78 is 37.5. The number of amides is 2. The molecular weight excluding hydrogens is 381 g/mol. The van der Waals surface area contributed by atoms with Gasteiger partial charge < -0.3 is 16.4 Å². The number of carbonyl (C=O) groups excluding carboxylic acids is 2. The van der Waals surface area contributed by atoms with Gasteiger partial charge in [-0.2, -0.15) is 13.2 Å². The molecule has 2 aromatic rings. The number of carbonyl (C=O) groups is 2. The van der Waals surface area contributed by atoms with Crippen molar-refractivity contribution in [2.75, 3.05) is 18.8 Å². The van der Waals surface area contributed by atoms with E-state index in [0.717, 1.165) is 30.3 Å². The van der Waals surface area contributed by atoms with Gasteiger partial charge in [0.25, 0.3) is 17.5 Å². The summed E-state index contributed by atoms with van der Waals surface area (Å²) in [5, 5.41) is 15.7. The number of alkyl halides is 3. The normalized spacial score (nSPS) is 11.0. The van der Waals surface area contributed by atoms with Gasteiger partial charge in [0.15, 0.2) is 0 Å². The van der Waals surface area contributed by atoms with Crippen molar-refractivity contribution in [3.8, 4) is 0 Å². The molecule has 0 aliphatic carbocycles. The zero-order valence-electron chi connectivity index (χ0n) is 14.2. The van der Waals surface area contributed by atoms with Crippen molar-refractivity contribution >= 4 is 23.2 Å². The Morgan fingerprint density at radius 3 is 1.96 bits per heavy atom. The molecule has 11 heteroatoms. The Hall–Kier alpha value is -3.63. The van der Waals surface area contributed by atoms with Crippen LogP contribution in [-0.4, -0.2) is 29.8 Å². The number of nitrogen functional groups attached to an aromatic ring is 1. The molecule has 0 aliphatic rings. The first kappa shape index (κ1) is 20.7. The van der Waals surface area contributed by atoms with Crippen LogP contribution in [0.1, 0.15) is 26.3 Å². The monoisotopic (exact) mass is 396 g/mol. The van der Waals surface area contributed by atoms with Crippen LogP contribution in [0.5, 0.6) is 0 Å². The summed E-state index contributed by atoms with van der Waals surface area (Å²) in [5.74, 6) is -1.21. The molecule has 2 aromatic carbocycles. The maximum absolute atomic E-state index is 12.5. The van der Waals surface area contributed by atoms with E-state index >= 15 is 0 Å². The fraction of sp³-hybridized carbons (Fsp3) is 0.176. The van der Waals surface area contributed by atoms with Gasteiger partial charge in [-0.1, -0.05) is 0 Å². The molecule has 0 aliphatic heterocycles. The molecule has 148 valence electrons. The van der Waals surface area contributed by atoms with Gasteiger partial charge in [-0.25, -0.2) is 0 Å². The second-order valence-electron chi connectivity index (χ2n) is 5.62.